The van der Waals surface area contributed by atoms with E-state index in [1.807, 2.05) is 0 Å². The van der Waals surface area contributed by atoms with Gasteiger partial charge in [-0.2, -0.15) is 4.98 Å². The fourth-order valence-electron chi connectivity index (χ4n) is 4.09. The maximum atomic E-state index is 12.9. The normalized spacial score (nSPS) is 19.9. The molecule has 0 saturated carbocycles. The Hall–Kier alpha value is -3.16. The van der Waals surface area contributed by atoms with Crippen LogP contribution in [-0.4, -0.2) is 33.1 Å². The Kier molecular flexibility index (Phi) is 4.41. The highest BCUT2D eigenvalue weighted by molar-refractivity contribution is 5.93. The van der Waals surface area contributed by atoms with Crippen LogP contribution in [0.15, 0.2) is 32.3 Å². The summed E-state index contributed by atoms with van der Waals surface area (Å²) >= 11 is 0. The summed E-state index contributed by atoms with van der Waals surface area (Å²) in [6.07, 6.45) is 2.60. The Morgan fingerprint density at radius 3 is 2.64 bits per heavy atom. The molecule has 4 rings (SSSR count). The third-order valence-electron chi connectivity index (χ3n) is 5.09. The number of hydrogen-bond donors (Lipinski definition) is 2. The van der Waals surface area contributed by atoms with Gasteiger partial charge in [-0.3, -0.25) is 9.78 Å². The largest absolute Gasteiger partial charge is 0.507 e. The molecule has 2 N–H and O–H groups in total. The number of nitrogens with zero attached hydrogens (tertiary/aromatic N) is 3. The SMILES string of the molecule is Cc1cc(O)c(-c2ccnc3nc(N4C[C@H](C)C[C@@H](C)C4)[nH]c(=O)c23)c(=O)o1. The van der Waals surface area contributed by atoms with Gasteiger partial charge in [0.05, 0.1) is 5.39 Å². The number of piperidine rings is 1. The van der Waals surface area contributed by atoms with Gasteiger partial charge in [0.1, 0.15) is 17.1 Å². The number of nitrogens with one attached hydrogen (secondary N) is 1. The second-order valence-electron chi connectivity index (χ2n) is 7.70. The lowest BCUT2D eigenvalue weighted by molar-refractivity contribution is 0.353. The summed E-state index contributed by atoms with van der Waals surface area (Å²) in [6.45, 7) is 7.54. The van der Waals surface area contributed by atoms with Gasteiger partial charge in [0.15, 0.2) is 5.65 Å². The van der Waals surface area contributed by atoms with Gasteiger partial charge in [-0.1, -0.05) is 13.8 Å². The number of aromatic hydroxyl groups is 1. The van der Waals surface area contributed by atoms with E-state index in [4.69, 9.17) is 4.42 Å². The van der Waals surface area contributed by atoms with Crippen LogP contribution in [-0.2, 0) is 0 Å². The van der Waals surface area contributed by atoms with E-state index in [0.29, 0.717) is 17.8 Å². The molecular weight excluding hydrogens is 360 g/mol. The fraction of sp³-hybridized carbons (Fsp3) is 0.400. The second-order valence-corrected chi connectivity index (χ2v) is 7.70. The van der Waals surface area contributed by atoms with E-state index in [0.717, 1.165) is 19.5 Å². The predicted molar refractivity (Wildman–Crippen MR) is 106 cm³/mol. The summed E-state index contributed by atoms with van der Waals surface area (Å²) in [5, 5.41) is 10.4. The summed E-state index contributed by atoms with van der Waals surface area (Å²) in [4.78, 5) is 38.9. The molecular formula is C20H22N4O4. The molecule has 28 heavy (non-hydrogen) atoms. The van der Waals surface area contributed by atoms with Gasteiger partial charge in [-0.05, 0) is 31.2 Å². The highest BCUT2D eigenvalue weighted by atomic mass is 16.4. The number of aromatic amines is 1. The van der Waals surface area contributed by atoms with Crippen molar-refractivity contribution in [2.45, 2.75) is 27.2 Å². The minimum Gasteiger partial charge on any atom is -0.507 e. The second kappa shape index (κ2) is 6.78. The summed E-state index contributed by atoms with van der Waals surface area (Å²) in [6, 6.07) is 2.85. The number of aromatic nitrogens is 3. The zero-order chi connectivity index (χ0) is 20.0. The molecule has 0 aliphatic carbocycles. The van der Waals surface area contributed by atoms with E-state index in [2.05, 4.69) is 33.7 Å². The first-order valence-electron chi connectivity index (χ1n) is 9.31. The summed E-state index contributed by atoms with van der Waals surface area (Å²) in [5.41, 5.74) is -0.725. The number of fused-ring (bicyclic) bond motifs is 1. The lowest BCUT2D eigenvalue weighted by atomic mass is 9.92. The highest BCUT2D eigenvalue weighted by Crippen LogP contribution is 2.30. The van der Waals surface area contributed by atoms with Crippen molar-refractivity contribution in [3.8, 4) is 16.9 Å². The molecule has 1 fully saturated rings. The summed E-state index contributed by atoms with van der Waals surface area (Å²) in [5.74, 6) is 1.51. The standard InChI is InChI=1S/C20H22N4O4/c1-10-6-11(2)9-24(8-10)20-22-17-16(18(26)23-20)13(4-5-21-17)15-14(25)7-12(3)28-19(15)27/h4-5,7,10-11,25H,6,8-9H2,1-3H3,(H,21,22,23,26)/t10-,11-/m1/s1. The molecule has 0 bridgehead atoms. The van der Waals surface area contributed by atoms with Gasteiger partial charge >= 0.3 is 5.63 Å². The van der Waals surface area contributed by atoms with E-state index in [1.165, 1.54) is 18.3 Å². The number of rotatable bonds is 2. The van der Waals surface area contributed by atoms with Gasteiger partial charge in [-0.25, -0.2) is 9.78 Å². The van der Waals surface area contributed by atoms with Crippen molar-refractivity contribution in [1.29, 1.82) is 0 Å². The molecule has 1 aliphatic rings. The fourth-order valence-corrected chi connectivity index (χ4v) is 4.09. The van der Waals surface area contributed by atoms with Crippen LogP contribution >= 0.6 is 0 Å². The van der Waals surface area contributed by atoms with Crippen molar-refractivity contribution in [3.63, 3.8) is 0 Å². The van der Waals surface area contributed by atoms with Gasteiger partial charge in [-0.15, -0.1) is 0 Å². The molecule has 0 unspecified atom stereocenters. The van der Waals surface area contributed by atoms with Crippen molar-refractivity contribution >= 4 is 17.0 Å². The molecule has 3 aromatic rings. The zero-order valence-corrected chi connectivity index (χ0v) is 16.0. The molecule has 4 heterocycles. The maximum Gasteiger partial charge on any atom is 0.347 e. The van der Waals surface area contributed by atoms with E-state index < -0.39 is 11.2 Å². The molecule has 146 valence electrons. The topological polar surface area (TPSA) is 112 Å². The van der Waals surface area contributed by atoms with Crippen molar-refractivity contribution in [1.82, 2.24) is 15.0 Å². The Labute approximate surface area is 160 Å². The van der Waals surface area contributed by atoms with Crippen molar-refractivity contribution in [3.05, 3.63) is 44.9 Å². The molecule has 1 aliphatic heterocycles. The number of H-pyrrole nitrogens is 1. The van der Waals surface area contributed by atoms with E-state index in [-0.39, 0.29) is 33.7 Å². The molecule has 0 aromatic carbocycles. The van der Waals surface area contributed by atoms with Crippen molar-refractivity contribution in [2.24, 2.45) is 11.8 Å². The molecule has 3 aromatic heterocycles. The third-order valence-corrected chi connectivity index (χ3v) is 5.09. The average Bonchev–Trinajstić information content (AvgIpc) is 2.59. The smallest absolute Gasteiger partial charge is 0.347 e. The maximum absolute atomic E-state index is 12.9. The zero-order valence-electron chi connectivity index (χ0n) is 16.0. The quantitative estimate of drug-likeness (QED) is 0.700. The van der Waals surface area contributed by atoms with Crippen molar-refractivity contribution < 1.29 is 9.52 Å². The predicted octanol–water partition coefficient (Wildman–Crippen LogP) is 2.43. The summed E-state index contributed by atoms with van der Waals surface area (Å²) in [7, 11) is 0. The minimum absolute atomic E-state index is 0.0710. The minimum atomic E-state index is -0.716. The van der Waals surface area contributed by atoms with Crippen LogP contribution in [0.2, 0.25) is 0 Å². The Morgan fingerprint density at radius 1 is 1.25 bits per heavy atom. The molecule has 8 heteroatoms. The Morgan fingerprint density at radius 2 is 1.96 bits per heavy atom. The number of hydrogen-bond acceptors (Lipinski definition) is 7. The Bertz CT molecular complexity index is 1160. The molecule has 0 amide bonds. The first-order valence-corrected chi connectivity index (χ1v) is 9.31. The van der Waals surface area contributed by atoms with Crippen LogP contribution in [0, 0.1) is 18.8 Å². The van der Waals surface area contributed by atoms with E-state index in [9.17, 15) is 14.7 Å². The average molecular weight is 382 g/mol. The van der Waals surface area contributed by atoms with Gasteiger partial charge in [0.25, 0.3) is 5.56 Å². The van der Waals surface area contributed by atoms with Crippen LogP contribution < -0.4 is 16.1 Å². The Balaban J connectivity index is 1.89. The van der Waals surface area contributed by atoms with Crippen LogP contribution in [0.25, 0.3) is 22.2 Å². The third kappa shape index (κ3) is 3.15. The molecule has 0 radical (unpaired) electrons. The highest BCUT2D eigenvalue weighted by Gasteiger charge is 2.25. The van der Waals surface area contributed by atoms with E-state index in [1.54, 1.807) is 6.92 Å². The van der Waals surface area contributed by atoms with Gasteiger partial charge in [0, 0.05) is 30.9 Å². The van der Waals surface area contributed by atoms with Crippen molar-refractivity contribution in [2.75, 3.05) is 18.0 Å². The molecule has 0 spiro atoms. The molecule has 2 atom stereocenters. The molecule has 8 nitrogen and oxygen atoms in total. The monoisotopic (exact) mass is 382 g/mol. The van der Waals surface area contributed by atoms with Crippen LogP contribution in [0.5, 0.6) is 5.75 Å². The first kappa shape index (κ1) is 18.2. The molecule has 1 saturated heterocycles. The van der Waals surface area contributed by atoms with E-state index >= 15 is 0 Å². The van der Waals surface area contributed by atoms with Crippen LogP contribution in [0.4, 0.5) is 5.95 Å². The number of pyridine rings is 1. The summed E-state index contributed by atoms with van der Waals surface area (Å²) < 4.78 is 5.10. The lowest BCUT2D eigenvalue weighted by Gasteiger charge is -2.35. The van der Waals surface area contributed by atoms with Crippen LogP contribution in [0.1, 0.15) is 26.0 Å². The first-order chi connectivity index (χ1) is 13.3. The number of aryl methyl sites for hydroxylation is 1. The number of anilines is 1. The van der Waals surface area contributed by atoms with Crippen LogP contribution in [0.3, 0.4) is 0 Å². The lowest BCUT2D eigenvalue weighted by Crippen LogP contribution is -2.40. The van der Waals surface area contributed by atoms with Gasteiger partial charge < -0.3 is 14.4 Å². The van der Waals surface area contributed by atoms with Gasteiger partial charge in [0.2, 0.25) is 5.95 Å².